The van der Waals surface area contributed by atoms with E-state index in [0.29, 0.717) is 18.2 Å². The molecule has 0 amide bonds. The van der Waals surface area contributed by atoms with Crippen LogP contribution in [-0.4, -0.2) is 24.4 Å². The molecule has 0 spiro atoms. The molecule has 128 valence electrons. The van der Waals surface area contributed by atoms with Crippen molar-refractivity contribution in [3.63, 3.8) is 0 Å². The average molecular weight is 339 g/mol. The number of hydrogen-bond acceptors (Lipinski definition) is 1. The molecular weight excluding hydrogens is 318 g/mol. The molecule has 0 saturated carbocycles. The number of rotatable bonds is 4. The summed E-state index contributed by atoms with van der Waals surface area (Å²) in [5.41, 5.74) is 2.97. The van der Waals surface area contributed by atoms with Crippen molar-refractivity contribution < 1.29 is 0 Å². The number of amidine groups is 2. The molecule has 0 aliphatic carbocycles. The number of nitrogens with zero attached hydrogens (tertiary/aromatic N) is 3. The van der Waals surface area contributed by atoms with E-state index in [2.05, 4.69) is 9.98 Å². The average Bonchev–Trinajstić information content (AvgIpc) is 2.72. The van der Waals surface area contributed by atoms with Gasteiger partial charge in [0.2, 0.25) is 0 Å². The molecule has 3 rings (SSSR count). The maximum Gasteiger partial charge on any atom is 0.161 e. The first-order valence-corrected chi connectivity index (χ1v) is 8.70. The van der Waals surface area contributed by atoms with Gasteiger partial charge in [0.25, 0.3) is 0 Å². The summed E-state index contributed by atoms with van der Waals surface area (Å²) in [5, 5.41) is 0. The van der Waals surface area contributed by atoms with E-state index in [-0.39, 0.29) is 0 Å². The lowest BCUT2D eigenvalue weighted by molar-refractivity contribution is 1.12. The standard InChI is InChI=1S/C23H21N3/c1-2-24-22(20-14-8-4-9-15-20)26-23(21-16-10-5-11-17-21)25-18-19-12-6-3-7-13-19/h3-18H,2H2,1H3. The fourth-order valence-electron chi connectivity index (χ4n) is 2.46. The van der Waals surface area contributed by atoms with Crippen LogP contribution in [0, 0.1) is 0 Å². The Balaban J connectivity index is 2.03. The van der Waals surface area contributed by atoms with E-state index in [1.54, 1.807) is 0 Å². The van der Waals surface area contributed by atoms with Crippen LogP contribution in [0.3, 0.4) is 0 Å². The second kappa shape index (κ2) is 9.23. The third-order valence-corrected chi connectivity index (χ3v) is 3.72. The van der Waals surface area contributed by atoms with Crippen molar-refractivity contribution in [1.82, 2.24) is 0 Å². The third kappa shape index (κ3) is 4.84. The number of aliphatic imine (C=N–C) groups is 3. The molecule has 0 radical (unpaired) electrons. The summed E-state index contributed by atoms with van der Waals surface area (Å²) < 4.78 is 0. The van der Waals surface area contributed by atoms with Crippen molar-refractivity contribution in [2.45, 2.75) is 6.92 Å². The highest BCUT2D eigenvalue weighted by atomic mass is 15.0. The topological polar surface area (TPSA) is 37.1 Å². The van der Waals surface area contributed by atoms with Crippen molar-refractivity contribution in [1.29, 1.82) is 0 Å². The molecule has 3 heteroatoms. The maximum atomic E-state index is 4.79. The van der Waals surface area contributed by atoms with Crippen LogP contribution in [0.4, 0.5) is 0 Å². The monoisotopic (exact) mass is 339 g/mol. The van der Waals surface area contributed by atoms with Gasteiger partial charge in [-0.15, -0.1) is 0 Å². The molecule has 0 N–H and O–H groups in total. The van der Waals surface area contributed by atoms with Gasteiger partial charge < -0.3 is 0 Å². The highest BCUT2D eigenvalue weighted by Crippen LogP contribution is 2.09. The lowest BCUT2D eigenvalue weighted by Crippen LogP contribution is -2.06. The Labute approximate surface area is 154 Å². The molecule has 0 aliphatic rings. The fraction of sp³-hybridized carbons (Fsp3) is 0.0870. The summed E-state index contributed by atoms with van der Waals surface area (Å²) in [6, 6.07) is 30.0. The van der Waals surface area contributed by atoms with Crippen molar-refractivity contribution >= 4 is 17.9 Å². The highest BCUT2D eigenvalue weighted by Gasteiger charge is 2.06. The van der Waals surface area contributed by atoms with Gasteiger partial charge in [-0.1, -0.05) is 91.0 Å². The van der Waals surface area contributed by atoms with E-state index in [1.807, 2.05) is 104 Å². The van der Waals surface area contributed by atoms with E-state index in [1.165, 1.54) is 0 Å². The quantitative estimate of drug-likeness (QED) is 0.473. The maximum absolute atomic E-state index is 4.79. The first-order chi connectivity index (χ1) is 12.9. The molecule has 0 heterocycles. The summed E-state index contributed by atoms with van der Waals surface area (Å²) in [6.07, 6.45) is 1.83. The molecule has 0 aliphatic heterocycles. The van der Waals surface area contributed by atoms with Crippen LogP contribution in [0.15, 0.2) is 106 Å². The van der Waals surface area contributed by atoms with Crippen LogP contribution in [0.5, 0.6) is 0 Å². The molecule has 26 heavy (non-hydrogen) atoms. The second-order valence-corrected chi connectivity index (χ2v) is 5.63. The predicted octanol–water partition coefficient (Wildman–Crippen LogP) is 5.02. The van der Waals surface area contributed by atoms with Crippen LogP contribution in [0.25, 0.3) is 0 Å². The summed E-state index contributed by atoms with van der Waals surface area (Å²) in [6.45, 7) is 2.67. The van der Waals surface area contributed by atoms with E-state index in [4.69, 9.17) is 4.99 Å². The van der Waals surface area contributed by atoms with E-state index in [0.717, 1.165) is 16.7 Å². The van der Waals surface area contributed by atoms with Gasteiger partial charge in [0.1, 0.15) is 0 Å². The summed E-state index contributed by atoms with van der Waals surface area (Å²) in [5.74, 6) is 1.34. The van der Waals surface area contributed by atoms with Gasteiger partial charge in [0.05, 0.1) is 0 Å². The lowest BCUT2D eigenvalue weighted by atomic mass is 10.2. The van der Waals surface area contributed by atoms with Crippen LogP contribution in [0.1, 0.15) is 23.6 Å². The first-order valence-electron chi connectivity index (χ1n) is 8.70. The van der Waals surface area contributed by atoms with Crippen LogP contribution >= 0.6 is 0 Å². The molecule has 3 aromatic rings. The molecule has 0 saturated heterocycles. The molecule has 3 nitrogen and oxygen atoms in total. The van der Waals surface area contributed by atoms with Gasteiger partial charge in [0.15, 0.2) is 11.7 Å². The van der Waals surface area contributed by atoms with Crippen LogP contribution in [-0.2, 0) is 0 Å². The number of benzene rings is 3. The zero-order valence-corrected chi connectivity index (χ0v) is 14.8. The predicted molar refractivity (Wildman–Crippen MR) is 111 cm³/mol. The lowest BCUT2D eigenvalue weighted by Gasteiger charge is -2.05. The molecule has 0 aromatic heterocycles. The Kier molecular flexibility index (Phi) is 6.21. The van der Waals surface area contributed by atoms with Crippen LogP contribution in [0.2, 0.25) is 0 Å². The van der Waals surface area contributed by atoms with Gasteiger partial charge in [0, 0.05) is 23.9 Å². The highest BCUT2D eigenvalue weighted by molar-refractivity contribution is 6.14. The van der Waals surface area contributed by atoms with Gasteiger partial charge >= 0.3 is 0 Å². The summed E-state index contributed by atoms with van der Waals surface area (Å²) in [7, 11) is 0. The van der Waals surface area contributed by atoms with Crippen LogP contribution < -0.4 is 0 Å². The minimum atomic E-state index is 0.644. The largest absolute Gasteiger partial charge is 0.266 e. The Morgan fingerprint density at radius 2 is 1.19 bits per heavy atom. The Morgan fingerprint density at radius 3 is 1.73 bits per heavy atom. The molecular formula is C23H21N3. The fourth-order valence-corrected chi connectivity index (χ4v) is 2.46. The van der Waals surface area contributed by atoms with E-state index in [9.17, 15) is 0 Å². The summed E-state index contributed by atoms with van der Waals surface area (Å²) in [4.78, 5) is 14.0. The smallest absolute Gasteiger partial charge is 0.161 e. The minimum absolute atomic E-state index is 0.644. The third-order valence-electron chi connectivity index (χ3n) is 3.72. The SMILES string of the molecule is CCN=C(N=C(N=Cc1ccccc1)c1ccccc1)c1ccccc1. The van der Waals surface area contributed by atoms with E-state index >= 15 is 0 Å². The van der Waals surface area contributed by atoms with Gasteiger partial charge in [-0.2, -0.15) is 0 Å². The molecule has 3 aromatic carbocycles. The van der Waals surface area contributed by atoms with E-state index < -0.39 is 0 Å². The summed E-state index contributed by atoms with van der Waals surface area (Å²) >= 11 is 0. The Morgan fingerprint density at radius 1 is 0.692 bits per heavy atom. The molecule has 0 bridgehead atoms. The van der Waals surface area contributed by atoms with Crippen molar-refractivity contribution in [3.8, 4) is 0 Å². The number of hydrogen-bond donors (Lipinski definition) is 0. The first kappa shape index (κ1) is 17.5. The molecule has 0 fully saturated rings. The van der Waals surface area contributed by atoms with Gasteiger partial charge in [-0.25, -0.2) is 9.98 Å². The minimum Gasteiger partial charge on any atom is -0.266 e. The second-order valence-electron chi connectivity index (χ2n) is 5.63. The van der Waals surface area contributed by atoms with Gasteiger partial charge in [-0.05, 0) is 12.5 Å². The molecule has 0 unspecified atom stereocenters. The zero-order chi connectivity index (χ0) is 18.0. The Bertz CT molecular complexity index is 896. The molecule has 0 atom stereocenters. The van der Waals surface area contributed by atoms with Crippen molar-refractivity contribution in [2.75, 3.05) is 6.54 Å². The van der Waals surface area contributed by atoms with Crippen molar-refractivity contribution in [3.05, 3.63) is 108 Å². The van der Waals surface area contributed by atoms with Gasteiger partial charge in [-0.3, -0.25) is 4.99 Å². The van der Waals surface area contributed by atoms with Crippen molar-refractivity contribution in [2.24, 2.45) is 15.0 Å². The zero-order valence-electron chi connectivity index (χ0n) is 14.8. The normalized spacial score (nSPS) is 12.5. The Hall–Kier alpha value is -3.33.